The van der Waals surface area contributed by atoms with Crippen molar-refractivity contribution in [3.8, 4) is 0 Å². The van der Waals surface area contributed by atoms with Gasteiger partial charge < -0.3 is 20.5 Å². The highest BCUT2D eigenvalue weighted by Crippen LogP contribution is 2.47. The zero-order valence-electron chi connectivity index (χ0n) is 14.4. The molecule has 6 nitrogen and oxygen atoms in total. The van der Waals surface area contributed by atoms with E-state index in [4.69, 9.17) is 15.2 Å². The number of carbonyl (C=O) groups excluding carboxylic acids is 2. The van der Waals surface area contributed by atoms with E-state index in [0.29, 0.717) is 19.6 Å². The third-order valence-electron chi connectivity index (χ3n) is 3.50. The van der Waals surface area contributed by atoms with Gasteiger partial charge in [-0.3, -0.25) is 0 Å². The monoisotopic (exact) mass is 314 g/mol. The first-order chi connectivity index (χ1) is 10.1. The predicted octanol–water partition coefficient (Wildman–Crippen LogP) is 2.21. The Morgan fingerprint density at radius 2 is 2.00 bits per heavy atom. The van der Waals surface area contributed by atoms with Crippen molar-refractivity contribution in [2.45, 2.75) is 65.0 Å². The van der Waals surface area contributed by atoms with E-state index in [1.807, 2.05) is 13.8 Å². The van der Waals surface area contributed by atoms with Gasteiger partial charge in [-0.05, 0) is 58.4 Å². The largest absolute Gasteiger partial charge is 0.464 e. The Bertz CT molecular complexity index is 403. The third-order valence-corrected chi connectivity index (χ3v) is 3.50. The van der Waals surface area contributed by atoms with Crippen LogP contribution >= 0.6 is 0 Å². The van der Waals surface area contributed by atoms with Crippen LogP contribution in [-0.4, -0.2) is 36.4 Å². The minimum atomic E-state index is -0.938. The maximum absolute atomic E-state index is 12.4. The molecule has 0 spiro atoms. The van der Waals surface area contributed by atoms with Gasteiger partial charge in [0.15, 0.2) is 0 Å². The molecule has 1 rings (SSSR count). The highest BCUT2D eigenvalue weighted by atomic mass is 16.6. The van der Waals surface area contributed by atoms with Gasteiger partial charge in [0.1, 0.15) is 11.1 Å². The van der Waals surface area contributed by atoms with Crippen molar-refractivity contribution in [3.63, 3.8) is 0 Å². The van der Waals surface area contributed by atoms with Crippen molar-refractivity contribution >= 4 is 12.1 Å². The van der Waals surface area contributed by atoms with Gasteiger partial charge in [0.2, 0.25) is 0 Å². The summed E-state index contributed by atoms with van der Waals surface area (Å²) in [6, 6.07) is 0. The molecule has 0 bridgehead atoms. The zero-order chi connectivity index (χ0) is 17.0. The van der Waals surface area contributed by atoms with Crippen molar-refractivity contribution in [3.05, 3.63) is 0 Å². The first-order valence-electron chi connectivity index (χ1n) is 7.99. The topological polar surface area (TPSA) is 90.6 Å². The minimum absolute atomic E-state index is 0.0724. The third kappa shape index (κ3) is 5.48. The molecule has 1 saturated carbocycles. The Hall–Kier alpha value is -1.30. The first-order valence-corrected chi connectivity index (χ1v) is 7.99. The molecule has 1 fully saturated rings. The second kappa shape index (κ2) is 7.31. The van der Waals surface area contributed by atoms with E-state index in [1.165, 1.54) is 0 Å². The lowest BCUT2D eigenvalue weighted by Crippen LogP contribution is -2.48. The van der Waals surface area contributed by atoms with E-state index in [-0.39, 0.29) is 17.8 Å². The molecule has 0 aliphatic heterocycles. The number of hydrogen-bond acceptors (Lipinski definition) is 5. The quantitative estimate of drug-likeness (QED) is 0.703. The van der Waals surface area contributed by atoms with Gasteiger partial charge in [0.25, 0.3) is 0 Å². The molecular weight excluding hydrogens is 284 g/mol. The van der Waals surface area contributed by atoms with E-state index in [2.05, 4.69) is 5.32 Å². The molecule has 1 aliphatic carbocycles. The summed E-state index contributed by atoms with van der Waals surface area (Å²) in [5.41, 5.74) is 3.98. The number of nitrogens with two attached hydrogens (primary N) is 1. The molecule has 2 atom stereocenters. The Kier molecular flexibility index (Phi) is 6.23. The smallest absolute Gasteiger partial charge is 0.408 e. The van der Waals surface area contributed by atoms with Crippen LogP contribution in [0.25, 0.3) is 0 Å². The average Bonchev–Trinajstić information content (AvgIpc) is 3.05. The Morgan fingerprint density at radius 1 is 1.36 bits per heavy atom. The lowest BCUT2D eigenvalue weighted by Gasteiger charge is -2.24. The number of ether oxygens (including phenoxy) is 2. The van der Waals surface area contributed by atoms with Crippen molar-refractivity contribution in [1.29, 1.82) is 0 Å². The molecule has 22 heavy (non-hydrogen) atoms. The Balaban J connectivity index is 2.68. The SMILES string of the molecule is CC(C)COC(=O)C1(NC(=O)OC(C)(C)C)CC1CCCN. The molecular formula is C16H30N2O4. The first kappa shape index (κ1) is 18.7. The average molecular weight is 314 g/mol. The highest BCUT2D eigenvalue weighted by Gasteiger charge is 2.62. The number of carbonyl (C=O) groups is 2. The van der Waals surface area contributed by atoms with Gasteiger partial charge in [-0.1, -0.05) is 13.8 Å². The van der Waals surface area contributed by atoms with Gasteiger partial charge in [0, 0.05) is 0 Å². The number of esters is 1. The van der Waals surface area contributed by atoms with Crippen LogP contribution in [0.2, 0.25) is 0 Å². The van der Waals surface area contributed by atoms with E-state index in [0.717, 1.165) is 12.8 Å². The molecule has 0 saturated heterocycles. The molecule has 128 valence electrons. The molecule has 0 aromatic heterocycles. The summed E-state index contributed by atoms with van der Waals surface area (Å²) in [7, 11) is 0. The fourth-order valence-electron chi connectivity index (χ4n) is 2.35. The van der Waals surface area contributed by atoms with Gasteiger partial charge in [0.05, 0.1) is 6.61 Å². The minimum Gasteiger partial charge on any atom is -0.464 e. The molecule has 0 aromatic carbocycles. The van der Waals surface area contributed by atoms with Crippen molar-refractivity contribution in [2.75, 3.05) is 13.2 Å². The molecule has 0 heterocycles. The molecule has 1 aliphatic rings. The molecule has 6 heteroatoms. The molecule has 1 amide bonds. The highest BCUT2D eigenvalue weighted by molar-refractivity contribution is 5.89. The molecule has 0 radical (unpaired) electrons. The molecule has 0 aromatic rings. The number of amides is 1. The van der Waals surface area contributed by atoms with E-state index in [9.17, 15) is 9.59 Å². The summed E-state index contributed by atoms with van der Waals surface area (Å²) in [5, 5.41) is 2.73. The van der Waals surface area contributed by atoms with Gasteiger partial charge >= 0.3 is 12.1 Å². The van der Waals surface area contributed by atoms with Gasteiger partial charge in [-0.25, -0.2) is 9.59 Å². The standard InChI is InChI=1S/C16H30N2O4/c1-11(2)10-21-13(19)16(9-12(16)7-6-8-17)18-14(20)22-15(3,4)5/h11-12H,6-10,17H2,1-5H3,(H,18,20). The second-order valence-corrected chi connectivity index (χ2v) is 7.42. The van der Waals surface area contributed by atoms with Crippen LogP contribution in [-0.2, 0) is 14.3 Å². The lowest BCUT2D eigenvalue weighted by atomic mass is 10.1. The maximum atomic E-state index is 12.4. The zero-order valence-corrected chi connectivity index (χ0v) is 14.4. The van der Waals surface area contributed by atoms with Crippen LogP contribution in [0.3, 0.4) is 0 Å². The summed E-state index contributed by atoms with van der Waals surface area (Å²) in [4.78, 5) is 24.4. The summed E-state index contributed by atoms with van der Waals surface area (Å²) in [6.45, 7) is 10.2. The van der Waals surface area contributed by atoms with Gasteiger partial charge in [-0.2, -0.15) is 0 Å². The van der Waals surface area contributed by atoms with Crippen LogP contribution in [0.15, 0.2) is 0 Å². The maximum Gasteiger partial charge on any atom is 0.408 e. The van der Waals surface area contributed by atoms with E-state index >= 15 is 0 Å². The Morgan fingerprint density at radius 3 is 2.50 bits per heavy atom. The fourth-order valence-corrected chi connectivity index (χ4v) is 2.35. The predicted molar refractivity (Wildman–Crippen MR) is 84.3 cm³/mol. The second-order valence-electron chi connectivity index (χ2n) is 7.42. The van der Waals surface area contributed by atoms with Crippen molar-refractivity contribution in [2.24, 2.45) is 17.6 Å². The summed E-state index contributed by atoms with van der Waals surface area (Å²) >= 11 is 0. The van der Waals surface area contributed by atoms with E-state index in [1.54, 1.807) is 20.8 Å². The Labute approximate surface area is 133 Å². The lowest BCUT2D eigenvalue weighted by molar-refractivity contribution is -0.149. The molecule has 2 unspecified atom stereocenters. The van der Waals surface area contributed by atoms with E-state index < -0.39 is 17.2 Å². The summed E-state index contributed by atoms with van der Waals surface area (Å²) in [6.07, 6.45) is 1.62. The van der Waals surface area contributed by atoms with Crippen molar-refractivity contribution < 1.29 is 19.1 Å². The summed E-state index contributed by atoms with van der Waals surface area (Å²) < 4.78 is 10.6. The number of alkyl carbamates (subject to hydrolysis) is 1. The molecule has 3 N–H and O–H groups in total. The number of rotatable bonds is 7. The summed E-state index contributed by atoms with van der Waals surface area (Å²) in [5.74, 6) is -0.0407. The van der Waals surface area contributed by atoms with Crippen LogP contribution in [0.1, 0.15) is 53.9 Å². The normalized spacial score (nSPS) is 24.0. The van der Waals surface area contributed by atoms with Crippen LogP contribution < -0.4 is 11.1 Å². The van der Waals surface area contributed by atoms with Crippen LogP contribution in [0.5, 0.6) is 0 Å². The van der Waals surface area contributed by atoms with Crippen LogP contribution in [0, 0.1) is 11.8 Å². The van der Waals surface area contributed by atoms with Gasteiger partial charge in [-0.15, -0.1) is 0 Å². The number of nitrogens with one attached hydrogen (secondary N) is 1. The van der Waals surface area contributed by atoms with Crippen LogP contribution in [0.4, 0.5) is 4.79 Å². The van der Waals surface area contributed by atoms with Crippen molar-refractivity contribution in [1.82, 2.24) is 5.32 Å². The fraction of sp³-hybridized carbons (Fsp3) is 0.875. The number of hydrogen-bond donors (Lipinski definition) is 2.